The minimum Gasteiger partial charge on any atom is -0.480 e. The number of aliphatic imine (C=N–C) groups is 1. The Morgan fingerprint density at radius 1 is 0.762 bits per heavy atom. The van der Waals surface area contributed by atoms with Crippen LogP contribution < -0.4 is 33.2 Å². The number of aliphatic carboxylic acids is 1. The summed E-state index contributed by atoms with van der Waals surface area (Å²) >= 11 is 0. The first-order valence-electron chi connectivity index (χ1n) is 13.0. The highest BCUT2D eigenvalue weighted by molar-refractivity contribution is 5.94. The van der Waals surface area contributed by atoms with Gasteiger partial charge in [-0.05, 0) is 12.8 Å². The second-order valence-corrected chi connectivity index (χ2v) is 9.42. The van der Waals surface area contributed by atoms with Crippen molar-refractivity contribution in [3.8, 4) is 0 Å². The van der Waals surface area contributed by atoms with E-state index < -0.39 is 47.9 Å². The van der Waals surface area contributed by atoms with Crippen LogP contribution in [0.3, 0.4) is 0 Å². The number of guanidine groups is 1. The number of carboxylic acids is 1. The van der Waals surface area contributed by atoms with Gasteiger partial charge in [0.15, 0.2) is 5.96 Å². The van der Waals surface area contributed by atoms with Gasteiger partial charge in [0, 0.05) is 61.5 Å². The van der Waals surface area contributed by atoms with Crippen LogP contribution in [0.2, 0.25) is 0 Å². The van der Waals surface area contributed by atoms with Gasteiger partial charge in [0.25, 0.3) is 0 Å². The molecule has 0 spiro atoms. The van der Waals surface area contributed by atoms with E-state index in [1.807, 2.05) is 0 Å². The Kier molecular flexibility index (Phi) is 11.5. The lowest BCUT2D eigenvalue weighted by Crippen LogP contribution is -2.58. The average Bonchev–Trinajstić information content (AvgIpc) is 3.74. The van der Waals surface area contributed by atoms with Crippen molar-refractivity contribution in [2.75, 3.05) is 6.54 Å². The van der Waals surface area contributed by atoms with Crippen LogP contribution in [-0.2, 0) is 38.4 Å². The first-order chi connectivity index (χ1) is 20.1. The molecule has 0 saturated carbocycles. The lowest BCUT2D eigenvalue weighted by atomic mass is 10.1. The largest absolute Gasteiger partial charge is 0.480 e. The molecule has 3 rings (SSSR count). The van der Waals surface area contributed by atoms with E-state index in [0.29, 0.717) is 23.5 Å². The van der Waals surface area contributed by atoms with Crippen molar-refractivity contribution in [3.63, 3.8) is 0 Å². The summed E-state index contributed by atoms with van der Waals surface area (Å²) in [5.74, 6) is -3.41. The van der Waals surface area contributed by atoms with E-state index >= 15 is 0 Å². The highest BCUT2D eigenvalue weighted by Gasteiger charge is 2.31. The molecule has 0 aromatic carbocycles. The number of carbonyl (C=O) groups excluding carboxylic acids is 3. The smallest absolute Gasteiger partial charge is 0.326 e. The monoisotopic (exact) mass is 585 g/mol. The van der Waals surface area contributed by atoms with Gasteiger partial charge in [-0.3, -0.25) is 19.4 Å². The number of nitrogens with one attached hydrogen (secondary N) is 6. The summed E-state index contributed by atoms with van der Waals surface area (Å²) in [6.07, 6.45) is 9.20. The first-order valence-corrected chi connectivity index (χ1v) is 13.0. The topological polar surface area (TPSA) is 301 Å². The molecule has 4 unspecified atom stereocenters. The zero-order chi connectivity index (χ0) is 30.5. The third kappa shape index (κ3) is 10.0. The zero-order valence-electron chi connectivity index (χ0n) is 22.6. The molecule has 0 aliphatic carbocycles. The van der Waals surface area contributed by atoms with Crippen molar-refractivity contribution in [1.29, 1.82) is 0 Å². The summed E-state index contributed by atoms with van der Waals surface area (Å²) < 4.78 is 0. The fourth-order valence-corrected chi connectivity index (χ4v) is 3.94. The number of amides is 3. The highest BCUT2D eigenvalue weighted by Crippen LogP contribution is 2.06. The number of nitrogens with two attached hydrogens (primary N) is 3. The molecule has 13 N–H and O–H groups in total. The van der Waals surface area contributed by atoms with Crippen molar-refractivity contribution in [2.45, 2.75) is 56.3 Å². The van der Waals surface area contributed by atoms with Crippen LogP contribution in [0.4, 0.5) is 0 Å². The number of hydrogen-bond donors (Lipinski definition) is 10. The number of carbonyl (C=O) groups is 4. The molecule has 0 saturated heterocycles. The Hall–Kier alpha value is -5.26. The molecule has 226 valence electrons. The molecular formula is C24H35N13O5. The molecule has 0 bridgehead atoms. The summed E-state index contributed by atoms with van der Waals surface area (Å²) in [6, 6.07) is -4.65. The lowest BCUT2D eigenvalue weighted by molar-refractivity contribution is -0.142. The van der Waals surface area contributed by atoms with E-state index in [1.165, 1.54) is 37.6 Å². The maximum atomic E-state index is 13.5. The minimum absolute atomic E-state index is 0.00820. The quantitative estimate of drug-likeness (QED) is 0.0427. The molecule has 18 heteroatoms. The van der Waals surface area contributed by atoms with Crippen molar-refractivity contribution < 1.29 is 24.3 Å². The lowest BCUT2D eigenvalue weighted by Gasteiger charge is -2.25. The van der Waals surface area contributed by atoms with Crippen LogP contribution in [-0.4, -0.2) is 95.4 Å². The van der Waals surface area contributed by atoms with E-state index in [1.54, 1.807) is 0 Å². The molecule has 0 fully saturated rings. The van der Waals surface area contributed by atoms with E-state index in [4.69, 9.17) is 17.2 Å². The first kappa shape index (κ1) is 31.3. The number of hydrogen-bond acceptors (Lipinski definition) is 9. The third-order valence-electron chi connectivity index (χ3n) is 6.12. The Bertz CT molecular complexity index is 1300. The number of H-pyrrole nitrogens is 3. The van der Waals surface area contributed by atoms with Gasteiger partial charge in [-0.15, -0.1) is 0 Å². The number of aromatic nitrogens is 6. The van der Waals surface area contributed by atoms with Crippen LogP contribution in [0.1, 0.15) is 29.9 Å². The zero-order valence-corrected chi connectivity index (χ0v) is 22.6. The molecule has 4 atom stereocenters. The SMILES string of the molecule is NC(N)=NCCCC(N)C(=O)NC(Cc1cnc[nH]1)C(=O)NC(Cc1cnc[nH]1)C(=O)NC(Cc1cnc[nH]1)C(=O)O. The summed E-state index contributed by atoms with van der Waals surface area (Å²) in [5.41, 5.74) is 18.2. The molecule has 3 amide bonds. The number of carboxylic acid groups (broad SMARTS) is 1. The van der Waals surface area contributed by atoms with Crippen molar-refractivity contribution in [3.05, 3.63) is 54.7 Å². The second kappa shape index (κ2) is 15.5. The molecule has 3 aromatic heterocycles. The predicted octanol–water partition coefficient (Wildman–Crippen LogP) is -3.20. The van der Waals surface area contributed by atoms with Gasteiger partial charge >= 0.3 is 5.97 Å². The molecule has 3 heterocycles. The fraction of sp³-hybridized carbons (Fsp3) is 0.417. The van der Waals surface area contributed by atoms with E-state index in [0.717, 1.165) is 0 Å². The predicted molar refractivity (Wildman–Crippen MR) is 148 cm³/mol. The molecule has 3 aromatic rings. The van der Waals surface area contributed by atoms with Gasteiger partial charge in [0.1, 0.15) is 18.1 Å². The van der Waals surface area contributed by atoms with Crippen molar-refractivity contribution >= 4 is 29.7 Å². The van der Waals surface area contributed by atoms with Crippen LogP contribution >= 0.6 is 0 Å². The molecular weight excluding hydrogens is 550 g/mol. The van der Waals surface area contributed by atoms with Gasteiger partial charge in [0.2, 0.25) is 17.7 Å². The number of imidazole rings is 3. The Balaban J connectivity index is 1.74. The normalized spacial score (nSPS) is 13.7. The molecule has 0 aliphatic rings. The van der Waals surface area contributed by atoms with Crippen LogP contribution in [0.25, 0.3) is 0 Å². The highest BCUT2D eigenvalue weighted by atomic mass is 16.4. The summed E-state index contributed by atoms with van der Waals surface area (Å²) in [5, 5.41) is 17.4. The Morgan fingerprint density at radius 3 is 1.60 bits per heavy atom. The molecule has 42 heavy (non-hydrogen) atoms. The number of rotatable bonds is 17. The van der Waals surface area contributed by atoms with Gasteiger partial charge in [0.05, 0.1) is 25.0 Å². The summed E-state index contributed by atoms with van der Waals surface area (Å²) in [6.45, 7) is 0.281. The van der Waals surface area contributed by atoms with Gasteiger partial charge in [-0.1, -0.05) is 0 Å². The molecule has 18 nitrogen and oxygen atoms in total. The molecule has 0 aliphatic heterocycles. The molecule has 0 radical (unpaired) electrons. The second-order valence-electron chi connectivity index (χ2n) is 9.42. The fourth-order valence-electron chi connectivity index (χ4n) is 3.94. The maximum Gasteiger partial charge on any atom is 0.326 e. The third-order valence-corrected chi connectivity index (χ3v) is 6.12. The van der Waals surface area contributed by atoms with Gasteiger partial charge in [-0.2, -0.15) is 0 Å². The van der Waals surface area contributed by atoms with Gasteiger partial charge < -0.3 is 53.2 Å². The van der Waals surface area contributed by atoms with Crippen molar-refractivity contribution in [1.82, 2.24) is 45.9 Å². The van der Waals surface area contributed by atoms with Crippen LogP contribution in [0.5, 0.6) is 0 Å². The standard InChI is InChI=1S/C24H35N13O5/c25-16(2-1-3-31-24(26)27)20(38)35-17(4-13-7-28-10-32-13)21(39)36-18(5-14-8-29-11-33-14)22(40)37-19(23(41)42)6-15-9-30-12-34-15/h7-12,16-19H,1-6,25H2,(H,28,32)(H,29,33)(H,30,34)(H,35,38)(H,36,39)(H,37,40)(H,41,42)(H4,26,27,31). The van der Waals surface area contributed by atoms with E-state index in [-0.39, 0.29) is 38.2 Å². The van der Waals surface area contributed by atoms with E-state index in [2.05, 4.69) is 50.8 Å². The summed E-state index contributed by atoms with van der Waals surface area (Å²) in [4.78, 5) is 75.7. The van der Waals surface area contributed by atoms with Crippen LogP contribution in [0.15, 0.2) is 42.6 Å². The summed E-state index contributed by atoms with van der Waals surface area (Å²) in [7, 11) is 0. The Morgan fingerprint density at radius 2 is 1.19 bits per heavy atom. The minimum atomic E-state index is -1.31. The van der Waals surface area contributed by atoms with Crippen LogP contribution in [0, 0.1) is 0 Å². The number of nitrogens with zero attached hydrogens (tertiary/aromatic N) is 4. The van der Waals surface area contributed by atoms with Crippen molar-refractivity contribution in [2.24, 2.45) is 22.2 Å². The maximum absolute atomic E-state index is 13.5. The number of aromatic amines is 3. The Labute approximate surface area is 239 Å². The van der Waals surface area contributed by atoms with E-state index in [9.17, 15) is 24.3 Å². The average molecular weight is 586 g/mol. The van der Waals surface area contributed by atoms with Gasteiger partial charge in [-0.25, -0.2) is 19.7 Å².